The number of hydrogen-bond donors (Lipinski definition) is 1. The molecule has 102 valence electrons. The number of carbonyl (C=O) groups excluding carboxylic acids is 1. The molecule has 4 heteroatoms. The molecule has 0 radical (unpaired) electrons. The van der Waals surface area contributed by atoms with Crippen LogP contribution in [0.5, 0.6) is 0 Å². The standard InChI is InChI=1S/C15H21N3O/c19-15(10-13-11-16-12-13)18-8-6-17(7-9-18)14-4-2-1-3-5-14/h1-5,13,16H,6-12H2. The van der Waals surface area contributed by atoms with Crippen LogP contribution in [0.2, 0.25) is 0 Å². The van der Waals surface area contributed by atoms with Gasteiger partial charge in [0.05, 0.1) is 0 Å². The summed E-state index contributed by atoms with van der Waals surface area (Å²) in [5.74, 6) is 0.902. The van der Waals surface area contributed by atoms with E-state index in [0.717, 1.165) is 45.7 Å². The first kappa shape index (κ1) is 12.5. The van der Waals surface area contributed by atoms with Crippen LogP contribution < -0.4 is 10.2 Å². The van der Waals surface area contributed by atoms with Crippen LogP contribution in [0.4, 0.5) is 5.69 Å². The average molecular weight is 259 g/mol. The lowest BCUT2D eigenvalue weighted by Crippen LogP contribution is -2.51. The van der Waals surface area contributed by atoms with E-state index in [2.05, 4.69) is 34.5 Å². The van der Waals surface area contributed by atoms with Crippen LogP contribution >= 0.6 is 0 Å². The second kappa shape index (κ2) is 5.61. The number of hydrogen-bond acceptors (Lipinski definition) is 3. The zero-order chi connectivity index (χ0) is 13.1. The topological polar surface area (TPSA) is 35.6 Å². The van der Waals surface area contributed by atoms with Gasteiger partial charge in [-0.25, -0.2) is 0 Å². The van der Waals surface area contributed by atoms with Crippen molar-refractivity contribution in [1.29, 1.82) is 0 Å². The minimum Gasteiger partial charge on any atom is -0.368 e. The SMILES string of the molecule is O=C(CC1CNC1)N1CCN(c2ccccc2)CC1. The third kappa shape index (κ3) is 2.89. The summed E-state index contributed by atoms with van der Waals surface area (Å²) < 4.78 is 0. The number of amides is 1. The minimum atomic E-state index is 0.333. The van der Waals surface area contributed by atoms with Gasteiger partial charge in [0.2, 0.25) is 5.91 Å². The van der Waals surface area contributed by atoms with Crippen molar-refractivity contribution in [3.8, 4) is 0 Å². The zero-order valence-electron chi connectivity index (χ0n) is 11.2. The molecule has 19 heavy (non-hydrogen) atoms. The van der Waals surface area contributed by atoms with Crippen LogP contribution in [-0.2, 0) is 4.79 Å². The second-order valence-electron chi connectivity index (χ2n) is 5.43. The van der Waals surface area contributed by atoms with Crippen molar-refractivity contribution < 1.29 is 4.79 Å². The summed E-state index contributed by atoms with van der Waals surface area (Å²) >= 11 is 0. The Morgan fingerprint density at radius 3 is 2.37 bits per heavy atom. The molecule has 0 bridgehead atoms. The maximum atomic E-state index is 12.1. The number of rotatable bonds is 3. The predicted molar refractivity (Wildman–Crippen MR) is 76.2 cm³/mol. The highest BCUT2D eigenvalue weighted by Gasteiger charge is 2.26. The largest absolute Gasteiger partial charge is 0.368 e. The van der Waals surface area contributed by atoms with Crippen molar-refractivity contribution in [3.63, 3.8) is 0 Å². The summed E-state index contributed by atoms with van der Waals surface area (Å²) in [4.78, 5) is 16.5. The van der Waals surface area contributed by atoms with Crippen molar-refractivity contribution in [3.05, 3.63) is 30.3 Å². The molecule has 0 spiro atoms. The van der Waals surface area contributed by atoms with E-state index >= 15 is 0 Å². The summed E-state index contributed by atoms with van der Waals surface area (Å²) in [7, 11) is 0. The number of anilines is 1. The van der Waals surface area contributed by atoms with Crippen LogP contribution in [0.3, 0.4) is 0 Å². The predicted octanol–water partition coefficient (Wildman–Crippen LogP) is 0.945. The Hall–Kier alpha value is -1.55. The van der Waals surface area contributed by atoms with Crippen molar-refractivity contribution in [1.82, 2.24) is 10.2 Å². The van der Waals surface area contributed by atoms with Gasteiger partial charge in [0.15, 0.2) is 0 Å². The summed E-state index contributed by atoms with van der Waals surface area (Å²) in [5.41, 5.74) is 1.26. The highest BCUT2D eigenvalue weighted by Crippen LogP contribution is 2.17. The number of para-hydroxylation sites is 1. The van der Waals surface area contributed by atoms with Gasteiger partial charge in [0.25, 0.3) is 0 Å². The second-order valence-corrected chi connectivity index (χ2v) is 5.43. The smallest absolute Gasteiger partial charge is 0.223 e. The van der Waals surface area contributed by atoms with Gasteiger partial charge < -0.3 is 15.1 Å². The molecule has 0 aromatic heterocycles. The third-order valence-corrected chi connectivity index (χ3v) is 4.08. The van der Waals surface area contributed by atoms with E-state index in [9.17, 15) is 4.79 Å². The maximum Gasteiger partial charge on any atom is 0.223 e. The fraction of sp³-hybridized carbons (Fsp3) is 0.533. The van der Waals surface area contributed by atoms with E-state index < -0.39 is 0 Å². The molecule has 1 N–H and O–H groups in total. The Morgan fingerprint density at radius 2 is 1.79 bits per heavy atom. The minimum absolute atomic E-state index is 0.333. The summed E-state index contributed by atoms with van der Waals surface area (Å²) in [5, 5.41) is 3.22. The summed E-state index contributed by atoms with van der Waals surface area (Å²) in [6.07, 6.45) is 0.721. The Kier molecular flexibility index (Phi) is 3.69. The molecular weight excluding hydrogens is 238 g/mol. The molecular formula is C15H21N3O. The summed E-state index contributed by atoms with van der Waals surface area (Å²) in [6, 6.07) is 10.4. The van der Waals surface area contributed by atoms with Crippen molar-refractivity contribution in [2.75, 3.05) is 44.2 Å². The molecule has 0 unspecified atom stereocenters. The van der Waals surface area contributed by atoms with Gasteiger partial charge in [0.1, 0.15) is 0 Å². The first-order valence-corrected chi connectivity index (χ1v) is 7.11. The molecule has 1 aromatic rings. The van der Waals surface area contributed by atoms with E-state index in [-0.39, 0.29) is 0 Å². The van der Waals surface area contributed by atoms with E-state index in [1.807, 2.05) is 11.0 Å². The van der Waals surface area contributed by atoms with Crippen LogP contribution in [-0.4, -0.2) is 50.1 Å². The fourth-order valence-electron chi connectivity index (χ4n) is 2.72. The van der Waals surface area contributed by atoms with Crippen molar-refractivity contribution in [2.45, 2.75) is 6.42 Å². The quantitative estimate of drug-likeness (QED) is 0.877. The van der Waals surface area contributed by atoms with Crippen LogP contribution in [0.15, 0.2) is 30.3 Å². The molecule has 2 heterocycles. The van der Waals surface area contributed by atoms with Gasteiger partial charge in [0, 0.05) is 38.3 Å². The molecule has 1 amide bonds. The molecule has 2 aliphatic rings. The molecule has 2 fully saturated rings. The molecule has 0 atom stereocenters. The maximum absolute atomic E-state index is 12.1. The van der Waals surface area contributed by atoms with Crippen molar-refractivity contribution >= 4 is 11.6 Å². The van der Waals surface area contributed by atoms with Crippen LogP contribution in [0.1, 0.15) is 6.42 Å². The van der Waals surface area contributed by atoms with E-state index in [1.54, 1.807) is 0 Å². The van der Waals surface area contributed by atoms with Gasteiger partial charge in [-0.3, -0.25) is 4.79 Å². The van der Waals surface area contributed by atoms with Gasteiger partial charge in [-0.2, -0.15) is 0 Å². The number of nitrogens with zero attached hydrogens (tertiary/aromatic N) is 2. The fourth-order valence-corrected chi connectivity index (χ4v) is 2.72. The first-order chi connectivity index (χ1) is 9.33. The van der Waals surface area contributed by atoms with Crippen LogP contribution in [0, 0.1) is 5.92 Å². The zero-order valence-corrected chi connectivity index (χ0v) is 11.2. The normalized spacial score (nSPS) is 20.2. The number of piperazine rings is 1. The molecule has 0 saturated carbocycles. The van der Waals surface area contributed by atoms with Gasteiger partial charge in [-0.1, -0.05) is 18.2 Å². The molecule has 2 aliphatic heterocycles. The van der Waals surface area contributed by atoms with Gasteiger partial charge in [-0.05, 0) is 31.1 Å². The third-order valence-electron chi connectivity index (χ3n) is 4.08. The van der Waals surface area contributed by atoms with Gasteiger partial charge in [-0.15, -0.1) is 0 Å². The first-order valence-electron chi connectivity index (χ1n) is 7.11. The Morgan fingerprint density at radius 1 is 1.11 bits per heavy atom. The summed E-state index contributed by atoms with van der Waals surface area (Å²) in [6.45, 7) is 5.62. The Balaban J connectivity index is 1.50. The lowest BCUT2D eigenvalue weighted by atomic mass is 9.98. The number of benzene rings is 1. The van der Waals surface area contributed by atoms with E-state index in [1.165, 1.54) is 5.69 Å². The molecule has 4 nitrogen and oxygen atoms in total. The molecule has 1 aromatic carbocycles. The number of nitrogens with one attached hydrogen (secondary N) is 1. The van der Waals surface area contributed by atoms with Gasteiger partial charge >= 0.3 is 0 Å². The van der Waals surface area contributed by atoms with Crippen molar-refractivity contribution in [2.24, 2.45) is 5.92 Å². The van der Waals surface area contributed by atoms with E-state index in [0.29, 0.717) is 11.8 Å². The molecule has 2 saturated heterocycles. The van der Waals surface area contributed by atoms with Crippen LogP contribution in [0.25, 0.3) is 0 Å². The van der Waals surface area contributed by atoms with E-state index in [4.69, 9.17) is 0 Å². The average Bonchev–Trinajstić information content (AvgIpc) is 2.44. The monoisotopic (exact) mass is 259 g/mol. The lowest BCUT2D eigenvalue weighted by molar-refractivity contribution is -0.132. The lowest BCUT2D eigenvalue weighted by Gasteiger charge is -2.37. The Bertz CT molecular complexity index is 422. The number of carbonyl (C=O) groups is 1. The highest BCUT2D eigenvalue weighted by atomic mass is 16.2. The molecule has 3 rings (SSSR count). The Labute approximate surface area is 114 Å². The highest BCUT2D eigenvalue weighted by molar-refractivity contribution is 5.77. The molecule has 0 aliphatic carbocycles.